The van der Waals surface area contributed by atoms with Crippen LogP contribution in [0.15, 0.2) is 6.08 Å². The Morgan fingerprint density at radius 1 is 1.31 bits per heavy atom. The van der Waals surface area contributed by atoms with Gasteiger partial charge in [-0.15, -0.1) is 0 Å². The van der Waals surface area contributed by atoms with Crippen molar-refractivity contribution >= 4 is 23.3 Å². The fourth-order valence-corrected chi connectivity index (χ4v) is 3.78. The molecule has 7 nitrogen and oxygen atoms in total. The van der Waals surface area contributed by atoms with Crippen molar-refractivity contribution in [1.29, 1.82) is 0 Å². The molecule has 0 bridgehead atoms. The molecule has 0 saturated heterocycles. The van der Waals surface area contributed by atoms with E-state index < -0.39 is 5.97 Å². The summed E-state index contributed by atoms with van der Waals surface area (Å²) >= 11 is 0. The van der Waals surface area contributed by atoms with Crippen molar-refractivity contribution in [1.82, 2.24) is 10.3 Å². The van der Waals surface area contributed by atoms with Gasteiger partial charge in [-0.1, -0.05) is 27.2 Å². The Morgan fingerprint density at radius 3 is 2.52 bits per heavy atom. The number of carbonyl (C=O) groups excluding carboxylic acids is 1. The Morgan fingerprint density at radius 2 is 1.97 bits per heavy atom. The van der Waals surface area contributed by atoms with Gasteiger partial charge in [0.15, 0.2) is 0 Å². The lowest BCUT2D eigenvalue weighted by Crippen LogP contribution is -2.47. The molecule has 2 atom stereocenters. The second kappa shape index (κ2) is 9.76. The third-order valence-corrected chi connectivity index (χ3v) is 5.38. The summed E-state index contributed by atoms with van der Waals surface area (Å²) in [5.74, 6) is -0.677. The molecule has 1 aromatic heterocycles. The number of aromatic nitrogens is 1. The summed E-state index contributed by atoms with van der Waals surface area (Å²) in [6.07, 6.45) is 5.90. The molecular weight excluding hydrogens is 370 g/mol. The number of aromatic carboxylic acids is 1. The first kappa shape index (κ1) is 22.7. The molecule has 1 saturated carbocycles. The lowest BCUT2D eigenvalue weighted by molar-refractivity contribution is -0.125. The lowest BCUT2D eigenvalue weighted by Gasteiger charge is -2.34. The molecule has 0 spiro atoms. The number of nitrogens with zero attached hydrogens (tertiary/aromatic N) is 1. The van der Waals surface area contributed by atoms with E-state index >= 15 is 0 Å². The Hall–Kier alpha value is -2.57. The van der Waals surface area contributed by atoms with Crippen LogP contribution in [0.4, 0.5) is 5.69 Å². The fourth-order valence-electron chi connectivity index (χ4n) is 3.78. The first-order valence-corrected chi connectivity index (χ1v) is 10.4. The van der Waals surface area contributed by atoms with Crippen molar-refractivity contribution in [2.24, 2.45) is 5.92 Å². The third kappa shape index (κ3) is 5.08. The molecule has 2 rings (SSSR count). The molecule has 29 heavy (non-hydrogen) atoms. The Kier molecular flexibility index (Phi) is 7.65. The number of amides is 1. The van der Waals surface area contributed by atoms with Crippen LogP contribution >= 0.6 is 0 Å². The average Bonchev–Trinajstić information content (AvgIpc) is 2.66. The molecule has 1 aliphatic rings. The molecule has 2 unspecified atom stereocenters. The summed E-state index contributed by atoms with van der Waals surface area (Å²) in [6.45, 7) is 9.16. The van der Waals surface area contributed by atoms with Crippen molar-refractivity contribution in [3.63, 3.8) is 0 Å². The number of aryl methyl sites for hydroxylation is 2. The first-order chi connectivity index (χ1) is 13.7. The normalized spacial score (nSPS) is 19.9. The van der Waals surface area contributed by atoms with Gasteiger partial charge in [-0.25, -0.2) is 4.79 Å². The van der Waals surface area contributed by atoms with Gasteiger partial charge in [0, 0.05) is 5.92 Å². The van der Waals surface area contributed by atoms with Crippen molar-refractivity contribution in [3.05, 3.63) is 28.6 Å². The predicted molar refractivity (Wildman–Crippen MR) is 113 cm³/mol. The monoisotopic (exact) mass is 403 g/mol. The van der Waals surface area contributed by atoms with Crippen LogP contribution < -0.4 is 11.1 Å². The van der Waals surface area contributed by atoms with Crippen LogP contribution in [0.2, 0.25) is 0 Å². The van der Waals surface area contributed by atoms with Gasteiger partial charge in [0.05, 0.1) is 28.7 Å². The second-order valence-corrected chi connectivity index (χ2v) is 7.83. The van der Waals surface area contributed by atoms with Crippen LogP contribution in [0.1, 0.15) is 80.7 Å². The van der Waals surface area contributed by atoms with E-state index in [1.807, 2.05) is 27.7 Å². The minimum absolute atomic E-state index is 0.00598. The van der Waals surface area contributed by atoms with Gasteiger partial charge in [-0.3, -0.25) is 9.78 Å². The van der Waals surface area contributed by atoms with Crippen molar-refractivity contribution in [3.8, 4) is 0 Å². The highest BCUT2D eigenvalue weighted by atomic mass is 16.5. The molecule has 1 aromatic rings. The summed E-state index contributed by atoms with van der Waals surface area (Å²) in [6, 6.07) is -0.0859. The number of allylic oxidation sites excluding steroid dienone is 1. The maximum Gasteiger partial charge on any atom is 0.339 e. The van der Waals surface area contributed by atoms with Crippen LogP contribution in [0, 0.1) is 12.8 Å². The average molecular weight is 404 g/mol. The summed E-state index contributed by atoms with van der Waals surface area (Å²) in [7, 11) is 0. The molecule has 0 aliphatic heterocycles. The maximum atomic E-state index is 12.2. The SMILES string of the molecule is C/C=C(/OC1CCCCC1NC(=O)C(C)C)c1c(CC)nc(C)c(C(=O)O)c1N. The summed E-state index contributed by atoms with van der Waals surface area (Å²) < 4.78 is 6.35. The highest BCUT2D eigenvalue weighted by molar-refractivity contribution is 5.97. The topological polar surface area (TPSA) is 115 Å². The molecule has 160 valence electrons. The second-order valence-electron chi connectivity index (χ2n) is 7.83. The van der Waals surface area contributed by atoms with Gasteiger partial charge in [-0.2, -0.15) is 0 Å². The van der Waals surface area contributed by atoms with E-state index in [-0.39, 0.29) is 35.2 Å². The molecule has 4 N–H and O–H groups in total. The molecule has 1 amide bonds. The number of ether oxygens (including phenoxy) is 1. The van der Waals surface area contributed by atoms with Gasteiger partial charge in [0.1, 0.15) is 17.4 Å². The lowest BCUT2D eigenvalue weighted by atomic mass is 9.91. The summed E-state index contributed by atoms with van der Waals surface area (Å²) in [5, 5.41) is 12.7. The fraction of sp³-hybridized carbons (Fsp3) is 0.591. The third-order valence-electron chi connectivity index (χ3n) is 5.38. The van der Waals surface area contributed by atoms with Gasteiger partial charge >= 0.3 is 5.97 Å². The number of pyridine rings is 1. The number of carbonyl (C=O) groups is 2. The van der Waals surface area contributed by atoms with E-state index in [0.29, 0.717) is 29.1 Å². The number of carboxylic acids is 1. The zero-order chi connectivity index (χ0) is 21.7. The largest absolute Gasteiger partial charge is 0.488 e. The van der Waals surface area contributed by atoms with Crippen LogP contribution in [0.25, 0.3) is 5.76 Å². The molecular formula is C22H33N3O4. The smallest absolute Gasteiger partial charge is 0.339 e. The van der Waals surface area contributed by atoms with Crippen LogP contribution in [-0.2, 0) is 16.0 Å². The van der Waals surface area contributed by atoms with Crippen molar-refractivity contribution in [2.75, 3.05) is 5.73 Å². The van der Waals surface area contributed by atoms with E-state index in [9.17, 15) is 14.7 Å². The van der Waals surface area contributed by atoms with E-state index in [4.69, 9.17) is 10.5 Å². The minimum atomic E-state index is -1.11. The Bertz CT molecular complexity index is 802. The van der Waals surface area contributed by atoms with Crippen LogP contribution in [-0.4, -0.2) is 34.1 Å². The van der Waals surface area contributed by atoms with E-state index in [2.05, 4.69) is 10.3 Å². The zero-order valence-electron chi connectivity index (χ0n) is 18.0. The molecule has 1 aliphatic carbocycles. The maximum absolute atomic E-state index is 12.2. The number of nitrogen functional groups attached to an aromatic ring is 1. The van der Waals surface area contributed by atoms with Crippen LogP contribution in [0.3, 0.4) is 0 Å². The standard InChI is InChI=1S/C22H33N3O4/c1-6-14-19(20(23)18(22(27)28)13(5)24-14)16(7-2)29-17-11-9-8-10-15(17)25-21(26)12(3)4/h7,12,15,17H,6,8-11H2,1-5H3,(H2,23,24)(H,25,26)(H,27,28)/b16-7+. The van der Waals surface area contributed by atoms with Gasteiger partial charge in [0.2, 0.25) is 5.91 Å². The number of hydrogen-bond acceptors (Lipinski definition) is 5. The Labute approximate surface area is 172 Å². The van der Waals surface area contributed by atoms with E-state index in [1.165, 1.54) is 0 Å². The molecule has 0 radical (unpaired) electrons. The van der Waals surface area contributed by atoms with Gasteiger partial charge < -0.3 is 20.9 Å². The summed E-state index contributed by atoms with van der Waals surface area (Å²) in [4.78, 5) is 28.4. The number of hydrogen-bond donors (Lipinski definition) is 3. The van der Waals surface area contributed by atoms with Gasteiger partial charge in [0.25, 0.3) is 0 Å². The summed E-state index contributed by atoms with van der Waals surface area (Å²) in [5.41, 5.74) is 8.11. The minimum Gasteiger partial charge on any atom is -0.488 e. The van der Waals surface area contributed by atoms with Gasteiger partial charge in [-0.05, 0) is 45.6 Å². The van der Waals surface area contributed by atoms with Crippen molar-refractivity contribution < 1.29 is 19.4 Å². The number of nitrogens with two attached hydrogens (primary N) is 1. The number of rotatable bonds is 7. The highest BCUT2D eigenvalue weighted by Gasteiger charge is 2.31. The van der Waals surface area contributed by atoms with E-state index in [0.717, 1.165) is 25.7 Å². The molecule has 1 heterocycles. The van der Waals surface area contributed by atoms with Crippen molar-refractivity contribution in [2.45, 2.75) is 78.9 Å². The Balaban J connectivity index is 2.39. The number of nitrogens with one attached hydrogen (secondary N) is 1. The highest BCUT2D eigenvalue weighted by Crippen LogP contribution is 2.34. The molecule has 0 aromatic carbocycles. The predicted octanol–water partition coefficient (Wildman–Crippen LogP) is 3.69. The number of carboxylic acid groups (broad SMARTS) is 1. The van der Waals surface area contributed by atoms with Crippen LogP contribution in [0.5, 0.6) is 0 Å². The number of anilines is 1. The molecule has 7 heteroatoms. The zero-order valence-corrected chi connectivity index (χ0v) is 18.0. The quantitative estimate of drug-likeness (QED) is 0.598. The molecule has 1 fully saturated rings. The first-order valence-electron chi connectivity index (χ1n) is 10.4. The van der Waals surface area contributed by atoms with E-state index in [1.54, 1.807) is 13.0 Å².